The van der Waals surface area contributed by atoms with Gasteiger partial charge in [-0.2, -0.15) is 0 Å². The summed E-state index contributed by atoms with van der Waals surface area (Å²) < 4.78 is 0. The Labute approximate surface area is 136 Å². The first-order valence-corrected chi connectivity index (χ1v) is 11.5. The zero-order valence-electron chi connectivity index (χ0n) is 14.8. The van der Waals surface area contributed by atoms with E-state index >= 15 is 0 Å². The predicted octanol–water partition coefficient (Wildman–Crippen LogP) is 4.55. The van der Waals surface area contributed by atoms with Gasteiger partial charge >= 0.3 is 0 Å². The van der Waals surface area contributed by atoms with Gasteiger partial charge < -0.3 is 10.5 Å². The molecular formula is C18H32N2OSi. The fraction of sp³-hybridized carbons (Fsp3) is 0.722. The summed E-state index contributed by atoms with van der Waals surface area (Å²) in [5, 5.41) is 0.0586. The molecule has 4 heteroatoms. The predicted molar refractivity (Wildman–Crippen MR) is 96.3 cm³/mol. The molecule has 124 valence electrons. The van der Waals surface area contributed by atoms with Crippen molar-refractivity contribution in [3.63, 3.8) is 0 Å². The van der Waals surface area contributed by atoms with Crippen molar-refractivity contribution >= 4 is 14.0 Å². The standard InChI is InChI=1S/C18H32N2OSi/c1-13-8-14(11-18(2,3)22(4,5)21)10-15(9-13)16-6-7-20-12-17(16)19/h6-7,12-15,21H,8-11,19H2,1-5H3/t13-,14+,15-/m0/s1. The van der Waals surface area contributed by atoms with Crippen molar-refractivity contribution in [2.24, 2.45) is 11.8 Å². The Morgan fingerprint density at radius 1 is 1.32 bits per heavy atom. The van der Waals surface area contributed by atoms with Crippen LogP contribution in [0.2, 0.25) is 18.1 Å². The molecular weight excluding hydrogens is 288 g/mol. The topological polar surface area (TPSA) is 59.1 Å². The number of pyridine rings is 1. The largest absolute Gasteiger partial charge is 0.432 e. The van der Waals surface area contributed by atoms with Crippen LogP contribution in [0.15, 0.2) is 18.5 Å². The summed E-state index contributed by atoms with van der Waals surface area (Å²) in [7, 11) is -2.14. The summed E-state index contributed by atoms with van der Waals surface area (Å²) in [5.41, 5.74) is 8.24. The van der Waals surface area contributed by atoms with Gasteiger partial charge in [-0.05, 0) is 73.2 Å². The third-order valence-electron chi connectivity index (χ3n) is 5.82. The van der Waals surface area contributed by atoms with Gasteiger partial charge in [0.25, 0.3) is 0 Å². The number of hydrogen-bond donors (Lipinski definition) is 2. The molecule has 0 unspecified atom stereocenters. The molecule has 1 aliphatic rings. The van der Waals surface area contributed by atoms with E-state index in [0.717, 1.165) is 18.0 Å². The Morgan fingerprint density at radius 2 is 2.00 bits per heavy atom. The first kappa shape index (κ1) is 17.5. The van der Waals surface area contributed by atoms with Crippen molar-refractivity contribution in [3.8, 4) is 0 Å². The molecule has 3 atom stereocenters. The average Bonchev–Trinajstić information content (AvgIpc) is 2.36. The van der Waals surface area contributed by atoms with Gasteiger partial charge in [-0.25, -0.2) is 0 Å². The maximum absolute atomic E-state index is 10.6. The Hall–Kier alpha value is -0.873. The Balaban J connectivity index is 2.14. The second-order valence-corrected chi connectivity index (χ2v) is 13.0. The van der Waals surface area contributed by atoms with Crippen molar-refractivity contribution < 1.29 is 4.80 Å². The van der Waals surface area contributed by atoms with Gasteiger partial charge in [0.15, 0.2) is 8.32 Å². The molecule has 3 N–H and O–H groups in total. The number of rotatable bonds is 4. The van der Waals surface area contributed by atoms with Crippen molar-refractivity contribution in [2.45, 2.75) is 70.5 Å². The van der Waals surface area contributed by atoms with Gasteiger partial charge in [-0.1, -0.05) is 20.8 Å². The first-order valence-electron chi connectivity index (χ1n) is 8.52. The highest BCUT2D eigenvalue weighted by molar-refractivity contribution is 6.72. The number of aromatic nitrogens is 1. The summed E-state index contributed by atoms with van der Waals surface area (Å²) in [6.45, 7) is 11.0. The maximum atomic E-state index is 10.6. The van der Waals surface area contributed by atoms with Crippen molar-refractivity contribution in [3.05, 3.63) is 24.0 Å². The monoisotopic (exact) mass is 320 g/mol. The van der Waals surface area contributed by atoms with Crippen molar-refractivity contribution in [2.75, 3.05) is 5.73 Å². The minimum absolute atomic E-state index is 0.0586. The van der Waals surface area contributed by atoms with Gasteiger partial charge in [0.05, 0.1) is 11.9 Å². The van der Waals surface area contributed by atoms with E-state index in [4.69, 9.17) is 5.73 Å². The van der Waals surface area contributed by atoms with E-state index in [1.807, 2.05) is 6.20 Å². The van der Waals surface area contributed by atoms with E-state index in [9.17, 15) is 4.80 Å². The number of nitrogens with two attached hydrogens (primary N) is 1. The molecule has 1 fully saturated rings. The van der Waals surface area contributed by atoms with Crippen LogP contribution in [-0.4, -0.2) is 18.1 Å². The van der Waals surface area contributed by atoms with Crippen LogP contribution in [0.4, 0.5) is 5.69 Å². The van der Waals surface area contributed by atoms with Gasteiger partial charge in [0.2, 0.25) is 0 Å². The number of anilines is 1. The molecule has 0 aliphatic heterocycles. The van der Waals surface area contributed by atoms with Crippen LogP contribution in [0.3, 0.4) is 0 Å². The molecule has 22 heavy (non-hydrogen) atoms. The van der Waals surface area contributed by atoms with Crippen LogP contribution in [-0.2, 0) is 0 Å². The highest BCUT2D eigenvalue weighted by atomic mass is 28.4. The lowest BCUT2D eigenvalue weighted by Crippen LogP contribution is -2.40. The van der Waals surface area contributed by atoms with E-state index in [2.05, 4.69) is 44.9 Å². The zero-order valence-corrected chi connectivity index (χ0v) is 15.8. The van der Waals surface area contributed by atoms with Crippen LogP contribution in [0.1, 0.15) is 57.9 Å². The maximum Gasteiger partial charge on any atom is 0.188 e. The van der Waals surface area contributed by atoms with Crippen LogP contribution in [0.25, 0.3) is 0 Å². The normalized spacial score (nSPS) is 26.9. The molecule has 0 aromatic carbocycles. The van der Waals surface area contributed by atoms with E-state index in [1.165, 1.54) is 24.8 Å². The van der Waals surface area contributed by atoms with Crippen LogP contribution in [0, 0.1) is 11.8 Å². The molecule has 2 rings (SSSR count). The lowest BCUT2D eigenvalue weighted by molar-refractivity contribution is 0.220. The highest BCUT2D eigenvalue weighted by Crippen LogP contribution is 2.49. The summed E-state index contributed by atoms with van der Waals surface area (Å²) in [5.74, 6) is 1.93. The van der Waals surface area contributed by atoms with Gasteiger partial charge in [-0.3, -0.25) is 4.98 Å². The molecule has 1 heterocycles. The van der Waals surface area contributed by atoms with E-state index < -0.39 is 8.32 Å². The number of nitrogen functional groups attached to an aromatic ring is 1. The second-order valence-electron chi connectivity index (χ2n) is 8.53. The van der Waals surface area contributed by atoms with Crippen LogP contribution < -0.4 is 5.73 Å². The first-order chi connectivity index (χ1) is 10.1. The van der Waals surface area contributed by atoms with Gasteiger partial charge in [-0.15, -0.1) is 0 Å². The molecule has 0 amide bonds. The molecule has 3 nitrogen and oxygen atoms in total. The summed E-state index contributed by atoms with van der Waals surface area (Å²) in [4.78, 5) is 14.7. The molecule has 1 saturated carbocycles. The Bertz CT molecular complexity index is 510. The molecule has 1 aromatic heterocycles. The Morgan fingerprint density at radius 3 is 2.59 bits per heavy atom. The summed E-state index contributed by atoms with van der Waals surface area (Å²) in [6, 6.07) is 2.09. The highest BCUT2D eigenvalue weighted by Gasteiger charge is 2.41. The molecule has 0 spiro atoms. The molecule has 1 aliphatic carbocycles. The van der Waals surface area contributed by atoms with Crippen molar-refractivity contribution in [1.82, 2.24) is 4.98 Å². The number of nitrogens with zero attached hydrogens (tertiary/aromatic N) is 1. The lowest BCUT2D eigenvalue weighted by atomic mass is 9.71. The molecule has 1 aromatic rings. The zero-order chi connectivity index (χ0) is 16.5. The minimum Gasteiger partial charge on any atom is -0.432 e. The summed E-state index contributed by atoms with van der Waals surface area (Å²) in [6.07, 6.45) is 8.42. The van der Waals surface area contributed by atoms with Crippen LogP contribution >= 0.6 is 0 Å². The second kappa shape index (κ2) is 6.32. The smallest absolute Gasteiger partial charge is 0.188 e. The van der Waals surface area contributed by atoms with Gasteiger partial charge in [0, 0.05) is 6.20 Å². The minimum atomic E-state index is -2.14. The molecule has 0 bridgehead atoms. The fourth-order valence-corrected chi connectivity index (χ4v) is 4.72. The molecule has 0 radical (unpaired) electrons. The number of hydrogen-bond acceptors (Lipinski definition) is 3. The fourth-order valence-electron chi connectivity index (χ4n) is 3.93. The van der Waals surface area contributed by atoms with Crippen molar-refractivity contribution in [1.29, 1.82) is 0 Å². The van der Waals surface area contributed by atoms with Gasteiger partial charge in [0.1, 0.15) is 0 Å². The quantitative estimate of drug-likeness (QED) is 0.800. The SMILES string of the molecule is C[C@H]1C[C@@H](CC(C)(C)[Si](C)(C)O)C[C@@H](c2ccncc2N)C1. The lowest BCUT2D eigenvalue weighted by Gasteiger charge is -2.42. The summed E-state index contributed by atoms with van der Waals surface area (Å²) >= 11 is 0. The van der Waals surface area contributed by atoms with E-state index in [1.54, 1.807) is 6.20 Å². The van der Waals surface area contributed by atoms with Crippen LogP contribution in [0.5, 0.6) is 0 Å². The Kier molecular flexibility index (Phi) is 5.02. The third-order valence-corrected chi connectivity index (χ3v) is 9.34. The third kappa shape index (κ3) is 3.90. The average molecular weight is 321 g/mol. The van der Waals surface area contributed by atoms with E-state index in [-0.39, 0.29) is 5.04 Å². The molecule has 0 saturated heterocycles. The van der Waals surface area contributed by atoms with E-state index in [0.29, 0.717) is 11.8 Å².